The third kappa shape index (κ3) is 2.64. The number of hydrogen-bond donors (Lipinski definition) is 1. The molecular weight excluding hydrogens is 266 g/mol. The van der Waals surface area contributed by atoms with E-state index in [9.17, 15) is 9.59 Å². The molecule has 0 bridgehead atoms. The molecule has 0 radical (unpaired) electrons. The lowest BCUT2D eigenvalue weighted by Gasteiger charge is -2.34. The van der Waals surface area contributed by atoms with Gasteiger partial charge in [-0.15, -0.1) is 0 Å². The molecule has 2 fully saturated rings. The fourth-order valence-electron chi connectivity index (χ4n) is 3.45. The lowest BCUT2D eigenvalue weighted by Crippen LogP contribution is -2.55. The minimum atomic E-state index is -0.658. The summed E-state index contributed by atoms with van der Waals surface area (Å²) in [7, 11) is 0. The molecule has 1 unspecified atom stereocenters. The summed E-state index contributed by atoms with van der Waals surface area (Å²) in [5, 5.41) is 3.01. The van der Waals surface area contributed by atoms with E-state index in [0.717, 1.165) is 31.2 Å². The summed E-state index contributed by atoms with van der Waals surface area (Å²) in [6.45, 7) is 2.49. The maximum atomic E-state index is 13.0. The van der Waals surface area contributed by atoms with Gasteiger partial charge in [-0.3, -0.25) is 14.6 Å². The number of rotatable bonds is 2. The zero-order valence-electron chi connectivity index (χ0n) is 12.3. The molecule has 1 aliphatic heterocycles. The van der Waals surface area contributed by atoms with Gasteiger partial charge in [0.05, 0.1) is 0 Å². The van der Waals surface area contributed by atoms with Crippen LogP contribution in [0.15, 0.2) is 24.5 Å². The molecule has 2 heterocycles. The highest BCUT2D eigenvalue weighted by atomic mass is 16.2. The molecule has 1 N–H and O–H groups in total. The van der Waals surface area contributed by atoms with E-state index in [1.54, 1.807) is 12.4 Å². The lowest BCUT2D eigenvalue weighted by molar-refractivity contribution is -0.140. The van der Waals surface area contributed by atoms with Crippen LogP contribution in [-0.2, 0) is 16.1 Å². The Morgan fingerprint density at radius 3 is 2.62 bits per heavy atom. The SMILES string of the molecule is CC1CC(=O)NC2(CCCC2)C(=O)N1Cc1ccncc1. The average Bonchev–Trinajstić information content (AvgIpc) is 2.91. The maximum absolute atomic E-state index is 13.0. The number of aromatic nitrogens is 1. The van der Waals surface area contributed by atoms with E-state index in [1.165, 1.54) is 0 Å². The van der Waals surface area contributed by atoms with Gasteiger partial charge >= 0.3 is 0 Å². The van der Waals surface area contributed by atoms with Crippen molar-refractivity contribution in [2.45, 2.75) is 57.2 Å². The normalized spacial score (nSPS) is 25.0. The minimum Gasteiger partial charge on any atom is -0.342 e. The summed E-state index contributed by atoms with van der Waals surface area (Å²) >= 11 is 0. The van der Waals surface area contributed by atoms with Crippen molar-refractivity contribution in [3.05, 3.63) is 30.1 Å². The summed E-state index contributed by atoms with van der Waals surface area (Å²) in [6, 6.07) is 3.76. The van der Waals surface area contributed by atoms with E-state index >= 15 is 0 Å². The van der Waals surface area contributed by atoms with Crippen molar-refractivity contribution in [2.24, 2.45) is 0 Å². The molecule has 1 saturated carbocycles. The number of carbonyl (C=O) groups is 2. The third-order valence-corrected chi connectivity index (χ3v) is 4.62. The molecule has 5 heteroatoms. The standard InChI is InChI=1S/C16H21N3O2/c1-12-10-14(20)18-16(6-2-3-7-16)15(21)19(12)11-13-4-8-17-9-5-13/h4-5,8-9,12H,2-3,6-7,10-11H2,1H3,(H,18,20). The topological polar surface area (TPSA) is 62.3 Å². The van der Waals surface area contributed by atoms with Crippen LogP contribution in [0.5, 0.6) is 0 Å². The minimum absolute atomic E-state index is 0.00465. The first-order chi connectivity index (χ1) is 10.1. The molecule has 112 valence electrons. The second-order valence-electron chi connectivity index (χ2n) is 6.18. The van der Waals surface area contributed by atoms with Crippen LogP contribution in [0, 0.1) is 0 Å². The predicted molar refractivity (Wildman–Crippen MR) is 78.2 cm³/mol. The Balaban J connectivity index is 1.89. The van der Waals surface area contributed by atoms with Crippen molar-refractivity contribution in [2.75, 3.05) is 0 Å². The van der Waals surface area contributed by atoms with Crippen molar-refractivity contribution < 1.29 is 9.59 Å². The van der Waals surface area contributed by atoms with E-state index in [-0.39, 0.29) is 17.9 Å². The molecule has 5 nitrogen and oxygen atoms in total. The molecule has 2 aliphatic rings. The number of carbonyl (C=O) groups excluding carboxylic acids is 2. The van der Waals surface area contributed by atoms with Crippen LogP contribution in [0.3, 0.4) is 0 Å². The summed E-state index contributed by atoms with van der Waals surface area (Å²) in [4.78, 5) is 31.0. The molecule has 0 aromatic carbocycles. The summed E-state index contributed by atoms with van der Waals surface area (Å²) < 4.78 is 0. The zero-order chi connectivity index (χ0) is 14.9. The summed E-state index contributed by atoms with van der Waals surface area (Å²) in [5.74, 6) is 0.0742. The second-order valence-corrected chi connectivity index (χ2v) is 6.18. The van der Waals surface area contributed by atoms with Crippen LogP contribution in [-0.4, -0.2) is 33.3 Å². The monoisotopic (exact) mass is 287 g/mol. The van der Waals surface area contributed by atoms with E-state index < -0.39 is 5.54 Å². The van der Waals surface area contributed by atoms with Crippen LogP contribution >= 0.6 is 0 Å². The quantitative estimate of drug-likeness (QED) is 0.899. The van der Waals surface area contributed by atoms with Crippen LogP contribution < -0.4 is 5.32 Å². The van der Waals surface area contributed by atoms with Gasteiger partial charge in [0.1, 0.15) is 5.54 Å². The zero-order valence-corrected chi connectivity index (χ0v) is 12.3. The van der Waals surface area contributed by atoms with E-state index in [4.69, 9.17) is 0 Å². The number of nitrogens with one attached hydrogen (secondary N) is 1. The Bertz CT molecular complexity index is 538. The lowest BCUT2D eigenvalue weighted by atomic mass is 9.95. The van der Waals surface area contributed by atoms with Crippen LogP contribution in [0.1, 0.15) is 44.6 Å². The predicted octanol–water partition coefficient (Wildman–Crippen LogP) is 1.63. The van der Waals surface area contributed by atoms with Crippen molar-refractivity contribution in [1.29, 1.82) is 0 Å². The Hall–Kier alpha value is -1.91. The maximum Gasteiger partial charge on any atom is 0.248 e. The van der Waals surface area contributed by atoms with Gasteiger partial charge in [-0.25, -0.2) is 0 Å². The fraction of sp³-hybridized carbons (Fsp3) is 0.562. The van der Waals surface area contributed by atoms with Gasteiger partial charge in [0.25, 0.3) is 0 Å². The number of hydrogen-bond acceptors (Lipinski definition) is 3. The summed E-state index contributed by atoms with van der Waals surface area (Å²) in [5.41, 5.74) is 0.391. The molecule has 1 aromatic heterocycles. The van der Waals surface area contributed by atoms with Gasteiger partial charge in [-0.2, -0.15) is 0 Å². The van der Waals surface area contributed by atoms with Crippen molar-refractivity contribution in [1.82, 2.24) is 15.2 Å². The molecule has 1 aromatic rings. The van der Waals surface area contributed by atoms with Gasteiger partial charge in [0, 0.05) is 31.4 Å². The van der Waals surface area contributed by atoms with Crippen molar-refractivity contribution in [3.8, 4) is 0 Å². The van der Waals surface area contributed by atoms with Gasteiger partial charge in [-0.1, -0.05) is 12.8 Å². The Morgan fingerprint density at radius 1 is 1.29 bits per heavy atom. The first-order valence-electron chi connectivity index (χ1n) is 7.62. The van der Waals surface area contributed by atoms with E-state index in [2.05, 4.69) is 10.3 Å². The Labute approximate surface area is 124 Å². The highest BCUT2D eigenvalue weighted by Crippen LogP contribution is 2.34. The first-order valence-corrected chi connectivity index (χ1v) is 7.62. The van der Waals surface area contributed by atoms with E-state index in [0.29, 0.717) is 13.0 Å². The Morgan fingerprint density at radius 2 is 1.95 bits per heavy atom. The van der Waals surface area contributed by atoms with E-state index in [1.807, 2.05) is 24.0 Å². The highest BCUT2D eigenvalue weighted by molar-refractivity contribution is 5.94. The third-order valence-electron chi connectivity index (χ3n) is 4.62. The van der Waals surface area contributed by atoms with Crippen LogP contribution in [0.4, 0.5) is 0 Å². The highest BCUT2D eigenvalue weighted by Gasteiger charge is 2.47. The molecule has 21 heavy (non-hydrogen) atoms. The fourth-order valence-corrected chi connectivity index (χ4v) is 3.45. The Kier molecular flexibility index (Phi) is 3.66. The molecule has 1 saturated heterocycles. The van der Waals surface area contributed by atoms with Crippen LogP contribution in [0.25, 0.3) is 0 Å². The second kappa shape index (κ2) is 5.47. The molecule has 1 spiro atoms. The molecule has 2 amide bonds. The number of pyridine rings is 1. The van der Waals surface area contributed by atoms with Gasteiger partial charge in [0.15, 0.2) is 0 Å². The number of amides is 2. The van der Waals surface area contributed by atoms with Crippen molar-refractivity contribution in [3.63, 3.8) is 0 Å². The van der Waals surface area contributed by atoms with Gasteiger partial charge in [-0.05, 0) is 37.5 Å². The molecule has 3 rings (SSSR count). The molecular formula is C16H21N3O2. The average molecular weight is 287 g/mol. The number of nitrogens with zero attached hydrogens (tertiary/aromatic N) is 2. The van der Waals surface area contributed by atoms with Crippen molar-refractivity contribution >= 4 is 11.8 Å². The smallest absolute Gasteiger partial charge is 0.248 e. The molecule has 1 atom stereocenters. The van der Waals surface area contributed by atoms with Gasteiger partial charge in [0.2, 0.25) is 11.8 Å². The van der Waals surface area contributed by atoms with Crippen LogP contribution in [0.2, 0.25) is 0 Å². The van der Waals surface area contributed by atoms with Gasteiger partial charge < -0.3 is 10.2 Å². The largest absolute Gasteiger partial charge is 0.342 e. The first kappa shape index (κ1) is 14.0. The molecule has 1 aliphatic carbocycles. The summed E-state index contributed by atoms with van der Waals surface area (Å²) in [6.07, 6.45) is 7.37.